The van der Waals surface area contributed by atoms with Crippen molar-refractivity contribution in [1.82, 2.24) is 9.88 Å². The molecule has 2 aromatic carbocycles. The zero-order valence-electron chi connectivity index (χ0n) is 18.5. The standard InChI is InChI=1S/C24H23N3O5S/c1-4-5-10-27-22(29)16-8-6-14(11-17(16)23(27)30)21(28)26-24-25-19(13-33-24)18-12-15(31-2)7-9-20(18)32-3/h6-9,11-13H,4-5,10H2,1-3H3,(H,25,26,28). The van der Waals surface area contributed by atoms with Crippen LogP contribution in [0.1, 0.15) is 50.8 Å². The van der Waals surface area contributed by atoms with Crippen molar-refractivity contribution in [2.75, 3.05) is 26.1 Å². The van der Waals surface area contributed by atoms with Gasteiger partial charge in [-0.25, -0.2) is 4.98 Å². The van der Waals surface area contributed by atoms with Crippen molar-refractivity contribution in [3.05, 3.63) is 58.5 Å². The summed E-state index contributed by atoms with van der Waals surface area (Å²) in [5.74, 6) is 0.207. The van der Waals surface area contributed by atoms with Gasteiger partial charge in [0.05, 0.1) is 31.0 Å². The summed E-state index contributed by atoms with van der Waals surface area (Å²) in [6.45, 7) is 2.37. The molecule has 0 bridgehead atoms. The molecule has 3 amide bonds. The average molecular weight is 466 g/mol. The van der Waals surface area contributed by atoms with Gasteiger partial charge >= 0.3 is 0 Å². The van der Waals surface area contributed by atoms with E-state index in [0.29, 0.717) is 34.4 Å². The van der Waals surface area contributed by atoms with Gasteiger partial charge in [0.15, 0.2) is 5.13 Å². The number of thiazole rings is 1. The van der Waals surface area contributed by atoms with Crippen LogP contribution in [0.4, 0.5) is 5.13 Å². The minimum absolute atomic E-state index is 0.254. The Morgan fingerprint density at radius 2 is 1.82 bits per heavy atom. The van der Waals surface area contributed by atoms with Crippen molar-refractivity contribution in [1.29, 1.82) is 0 Å². The van der Waals surface area contributed by atoms with Gasteiger partial charge in [0.2, 0.25) is 0 Å². The maximum Gasteiger partial charge on any atom is 0.261 e. The van der Waals surface area contributed by atoms with E-state index in [0.717, 1.165) is 18.4 Å². The van der Waals surface area contributed by atoms with Crippen LogP contribution < -0.4 is 14.8 Å². The predicted octanol–water partition coefficient (Wildman–Crippen LogP) is 4.48. The molecule has 1 aliphatic heterocycles. The monoisotopic (exact) mass is 465 g/mol. The normalized spacial score (nSPS) is 12.6. The van der Waals surface area contributed by atoms with Crippen LogP contribution in [0.25, 0.3) is 11.3 Å². The minimum Gasteiger partial charge on any atom is -0.497 e. The molecule has 170 valence electrons. The Morgan fingerprint density at radius 1 is 1.03 bits per heavy atom. The Hall–Kier alpha value is -3.72. The SMILES string of the molecule is CCCCN1C(=O)c2ccc(C(=O)Nc3nc(-c4cc(OC)ccc4OC)cs3)cc2C1=O. The number of anilines is 1. The number of ether oxygens (including phenoxy) is 2. The highest BCUT2D eigenvalue weighted by Gasteiger charge is 2.35. The number of amides is 3. The van der Waals surface area contributed by atoms with Crippen LogP contribution in [0.5, 0.6) is 11.5 Å². The van der Waals surface area contributed by atoms with Gasteiger partial charge in [-0.15, -0.1) is 11.3 Å². The van der Waals surface area contributed by atoms with Crippen LogP contribution in [0.15, 0.2) is 41.8 Å². The van der Waals surface area contributed by atoms with Crippen molar-refractivity contribution in [3.63, 3.8) is 0 Å². The van der Waals surface area contributed by atoms with Crippen molar-refractivity contribution in [2.45, 2.75) is 19.8 Å². The summed E-state index contributed by atoms with van der Waals surface area (Å²) in [4.78, 5) is 43.7. The molecule has 0 radical (unpaired) electrons. The van der Waals surface area contributed by atoms with Crippen molar-refractivity contribution in [2.24, 2.45) is 0 Å². The molecule has 0 atom stereocenters. The first-order chi connectivity index (χ1) is 16.0. The zero-order valence-corrected chi connectivity index (χ0v) is 19.3. The third-order valence-corrected chi connectivity index (χ3v) is 6.13. The predicted molar refractivity (Wildman–Crippen MR) is 125 cm³/mol. The molecule has 8 nitrogen and oxygen atoms in total. The first-order valence-corrected chi connectivity index (χ1v) is 11.3. The van der Waals surface area contributed by atoms with Crippen LogP contribution in [0.2, 0.25) is 0 Å². The van der Waals surface area contributed by atoms with Gasteiger partial charge < -0.3 is 9.47 Å². The minimum atomic E-state index is -0.413. The fourth-order valence-corrected chi connectivity index (χ4v) is 4.30. The summed E-state index contributed by atoms with van der Waals surface area (Å²) in [5.41, 5.74) is 2.23. The lowest BCUT2D eigenvalue weighted by molar-refractivity contribution is 0.0652. The number of carbonyl (C=O) groups is 3. The number of aromatic nitrogens is 1. The van der Waals surface area contributed by atoms with Gasteiger partial charge in [-0.2, -0.15) is 0 Å². The number of hydrogen-bond acceptors (Lipinski definition) is 7. The van der Waals surface area contributed by atoms with Crippen LogP contribution in [-0.4, -0.2) is 48.4 Å². The van der Waals surface area contributed by atoms with E-state index in [1.807, 2.05) is 18.4 Å². The molecule has 2 heterocycles. The first kappa shape index (κ1) is 22.5. The van der Waals surface area contributed by atoms with Gasteiger partial charge in [-0.1, -0.05) is 13.3 Å². The summed E-state index contributed by atoms with van der Waals surface area (Å²) < 4.78 is 10.7. The molecule has 0 aliphatic carbocycles. The fourth-order valence-electron chi connectivity index (χ4n) is 3.59. The van der Waals surface area contributed by atoms with Crippen molar-refractivity contribution in [3.8, 4) is 22.8 Å². The molecule has 9 heteroatoms. The number of methoxy groups -OCH3 is 2. The first-order valence-electron chi connectivity index (χ1n) is 10.5. The molecular formula is C24H23N3O5S. The van der Waals surface area contributed by atoms with Crippen molar-refractivity contribution >= 4 is 34.2 Å². The van der Waals surface area contributed by atoms with E-state index in [4.69, 9.17) is 9.47 Å². The number of fused-ring (bicyclic) bond motifs is 1. The maximum absolute atomic E-state index is 12.8. The topological polar surface area (TPSA) is 97.8 Å². The van der Waals surface area contributed by atoms with Gasteiger partial charge in [0, 0.05) is 23.1 Å². The largest absolute Gasteiger partial charge is 0.497 e. The van der Waals surface area contributed by atoms with Gasteiger partial charge in [0.25, 0.3) is 17.7 Å². The number of hydrogen-bond donors (Lipinski definition) is 1. The van der Waals surface area contributed by atoms with E-state index < -0.39 is 5.91 Å². The summed E-state index contributed by atoms with van der Waals surface area (Å²) in [5, 5.41) is 4.97. The Labute approximate surface area is 195 Å². The molecular weight excluding hydrogens is 442 g/mol. The van der Waals surface area contributed by atoms with Crippen molar-refractivity contribution < 1.29 is 23.9 Å². The van der Waals surface area contributed by atoms with Crippen LogP contribution in [0, 0.1) is 0 Å². The highest BCUT2D eigenvalue weighted by Crippen LogP contribution is 2.35. The average Bonchev–Trinajstić information content (AvgIpc) is 3.39. The lowest BCUT2D eigenvalue weighted by Crippen LogP contribution is -2.30. The Bertz CT molecular complexity index is 1240. The fraction of sp³-hybridized carbons (Fsp3) is 0.250. The second kappa shape index (κ2) is 9.41. The molecule has 1 N–H and O–H groups in total. The Kier molecular flexibility index (Phi) is 6.41. The third kappa shape index (κ3) is 4.31. The summed E-state index contributed by atoms with van der Waals surface area (Å²) in [6, 6.07) is 9.94. The number of benzene rings is 2. The molecule has 0 spiro atoms. The highest BCUT2D eigenvalue weighted by atomic mass is 32.1. The quantitative estimate of drug-likeness (QED) is 0.493. The molecule has 0 saturated heterocycles. The Morgan fingerprint density at radius 3 is 2.55 bits per heavy atom. The Balaban J connectivity index is 1.53. The number of nitrogens with one attached hydrogen (secondary N) is 1. The second-order valence-corrected chi connectivity index (χ2v) is 8.29. The second-order valence-electron chi connectivity index (χ2n) is 7.43. The van der Waals surface area contributed by atoms with E-state index >= 15 is 0 Å². The van der Waals surface area contributed by atoms with Crippen LogP contribution in [0.3, 0.4) is 0 Å². The van der Waals surface area contributed by atoms with Gasteiger partial charge in [-0.05, 0) is 42.8 Å². The molecule has 1 aliphatic rings. The third-order valence-electron chi connectivity index (χ3n) is 5.38. The van der Waals surface area contributed by atoms with Gasteiger partial charge in [-0.3, -0.25) is 24.6 Å². The van der Waals surface area contributed by atoms with E-state index in [-0.39, 0.29) is 22.9 Å². The summed E-state index contributed by atoms with van der Waals surface area (Å²) in [6.07, 6.45) is 1.61. The van der Waals surface area contributed by atoms with E-state index in [1.165, 1.54) is 28.4 Å². The molecule has 33 heavy (non-hydrogen) atoms. The molecule has 0 fully saturated rings. The number of rotatable bonds is 8. The molecule has 1 aromatic heterocycles. The molecule has 0 unspecified atom stereocenters. The number of unbranched alkanes of at least 4 members (excludes halogenated alkanes) is 1. The zero-order chi connectivity index (χ0) is 23.5. The van der Waals surface area contributed by atoms with Crippen LogP contribution in [-0.2, 0) is 0 Å². The number of imide groups is 1. The van der Waals surface area contributed by atoms with E-state index in [1.54, 1.807) is 32.4 Å². The van der Waals surface area contributed by atoms with E-state index in [9.17, 15) is 14.4 Å². The summed E-state index contributed by atoms with van der Waals surface area (Å²) >= 11 is 1.27. The number of carbonyl (C=O) groups excluding carboxylic acids is 3. The van der Waals surface area contributed by atoms with Gasteiger partial charge in [0.1, 0.15) is 11.5 Å². The number of nitrogens with zero attached hydrogens (tertiary/aromatic N) is 2. The molecule has 0 saturated carbocycles. The maximum atomic E-state index is 12.8. The smallest absolute Gasteiger partial charge is 0.261 e. The van der Waals surface area contributed by atoms with E-state index in [2.05, 4.69) is 10.3 Å². The summed E-state index contributed by atoms with van der Waals surface area (Å²) in [7, 11) is 3.15. The lowest BCUT2D eigenvalue weighted by Gasteiger charge is -2.12. The lowest BCUT2D eigenvalue weighted by atomic mass is 10.1. The van der Waals surface area contributed by atoms with Crippen LogP contribution >= 0.6 is 11.3 Å². The highest BCUT2D eigenvalue weighted by molar-refractivity contribution is 7.14. The molecule has 3 aromatic rings. The molecule has 4 rings (SSSR count).